The number of aliphatic carboxylic acids is 1. The summed E-state index contributed by atoms with van der Waals surface area (Å²) in [6, 6.07) is 8.08. The van der Waals surface area contributed by atoms with Crippen molar-refractivity contribution in [2.75, 3.05) is 0 Å². The van der Waals surface area contributed by atoms with Crippen molar-refractivity contribution < 1.29 is 9.90 Å². The summed E-state index contributed by atoms with van der Waals surface area (Å²) >= 11 is 0. The van der Waals surface area contributed by atoms with Crippen LogP contribution in [0.5, 0.6) is 0 Å². The van der Waals surface area contributed by atoms with E-state index in [1.165, 1.54) is 10.9 Å². The summed E-state index contributed by atoms with van der Waals surface area (Å²) < 4.78 is 0. The highest BCUT2D eigenvalue weighted by Gasteiger charge is 2.11. The van der Waals surface area contributed by atoms with Gasteiger partial charge in [-0.25, -0.2) is 0 Å². The summed E-state index contributed by atoms with van der Waals surface area (Å²) in [7, 11) is 0. The number of H-pyrrole nitrogens is 1. The van der Waals surface area contributed by atoms with Gasteiger partial charge in [0, 0.05) is 23.5 Å². The second-order valence-corrected chi connectivity index (χ2v) is 4.27. The van der Waals surface area contributed by atoms with Gasteiger partial charge in [0.1, 0.15) is 0 Å². The quantitative estimate of drug-likeness (QED) is 0.827. The predicted octanol–water partition coefficient (Wildman–Crippen LogP) is 2.82. The molecule has 1 aromatic carbocycles. The Morgan fingerprint density at radius 2 is 2.19 bits per heavy atom. The summed E-state index contributed by atoms with van der Waals surface area (Å²) in [5.74, 6) is -0.566. The molecule has 0 amide bonds. The number of para-hydroxylation sites is 1. The largest absolute Gasteiger partial charge is 0.481 e. The number of aromatic nitrogens is 1. The third kappa shape index (κ3) is 2.24. The van der Waals surface area contributed by atoms with Crippen LogP contribution in [0.25, 0.3) is 10.9 Å². The number of rotatable bonds is 4. The van der Waals surface area contributed by atoms with E-state index in [0.717, 1.165) is 11.9 Å². The number of carboxylic acids is 1. The van der Waals surface area contributed by atoms with Crippen LogP contribution in [-0.4, -0.2) is 16.1 Å². The SMILES string of the molecule is CC(CC(=O)O)Cc1c[nH]c2ccccc12. The van der Waals surface area contributed by atoms with Crippen LogP contribution in [-0.2, 0) is 11.2 Å². The zero-order chi connectivity index (χ0) is 11.5. The lowest BCUT2D eigenvalue weighted by atomic mass is 9.98. The Labute approximate surface area is 94.1 Å². The zero-order valence-electron chi connectivity index (χ0n) is 9.23. The van der Waals surface area contributed by atoms with E-state index in [1.807, 2.05) is 31.3 Å². The van der Waals surface area contributed by atoms with Crippen LogP contribution in [0, 0.1) is 5.92 Å². The summed E-state index contributed by atoms with van der Waals surface area (Å²) in [6.07, 6.45) is 3.00. The minimum atomic E-state index is -0.729. The van der Waals surface area contributed by atoms with Crippen molar-refractivity contribution in [1.29, 1.82) is 0 Å². The normalized spacial score (nSPS) is 12.8. The highest BCUT2D eigenvalue weighted by atomic mass is 16.4. The first-order valence-electron chi connectivity index (χ1n) is 5.43. The van der Waals surface area contributed by atoms with Crippen LogP contribution in [0.1, 0.15) is 18.9 Å². The monoisotopic (exact) mass is 217 g/mol. The van der Waals surface area contributed by atoms with Crippen molar-refractivity contribution in [2.24, 2.45) is 5.92 Å². The van der Waals surface area contributed by atoms with E-state index in [-0.39, 0.29) is 12.3 Å². The lowest BCUT2D eigenvalue weighted by molar-refractivity contribution is -0.137. The zero-order valence-corrected chi connectivity index (χ0v) is 9.23. The van der Waals surface area contributed by atoms with Crippen LogP contribution in [0.15, 0.2) is 30.5 Å². The number of fused-ring (bicyclic) bond motifs is 1. The summed E-state index contributed by atoms with van der Waals surface area (Å²) in [5.41, 5.74) is 2.31. The van der Waals surface area contributed by atoms with Crippen LogP contribution >= 0.6 is 0 Å². The van der Waals surface area contributed by atoms with Crippen molar-refractivity contribution in [3.63, 3.8) is 0 Å². The van der Waals surface area contributed by atoms with Gasteiger partial charge in [-0.2, -0.15) is 0 Å². The molecule has 2 aromatic rings. The lowest BCUT2D eigenvalue weighted by Gasteiger charge is -2.07. The standard InChI is InChI=1S/C13H15NO2/c1-9(7-13(15)16)6-10-8-14-12-5-3-2-4-11(10)12/h2-5,8-9,14H,6-7H2,1H3,(H,15,16). The molecule has 0 spiro atoms. The molecular formula is C13H15NO2. The molecule has 3 heteroatoms. The second kappa shape index (κ2) is 4.39. The molecule has 0 aliphatic heterocycles. The van der Waals surface area contributed by atoms with Gasteiger partial charge in [-0.3, -0.25) is 4.79 Å². The van der Waals surface area contributed by atoms with Crippen molar-refractivity contribution in [3.05, 3.63) is 36.0 Å². The number of carboxylic acid groups (broad SMARTS) is 1. The van der Waals surface area contributed by atoms with Crippen molar-refractivity contribution >= 4 is 16.9 Å². The van der Waals surface area contributed by atoms with Crippen molar-refractivity contribution in [2.45, 2.75) is 19.8 Å². The topological polar surface area (TPSA) is 53.1 Å². The third-order valence-electron chi connectivity index (χ3n) is 2.77. The first kappa shape index (κ1) is 10.7. The molecule has 2 N–H and O–H groups in total. The molecule has 2 rings (SSSR count). The van der Waals surface area contributed by atoms with Crippen LogP contribution in [0.4, 0.5) is 0 Å². The molecule has 0 bridgehead atoms. The first-order chi connectivity index (χ1) is 7.66. The Morgan fingerprint density at radius 1 is 1.44 bits per heavy atom. The van der Waals surface area contributed by atoms with Gasteiger partial charge < -0.3 is 10.1 Å². The molecule has 1 heterocycles. The highest BCUT2D eigenvalue weighted by molar-refractivity contribution is 5.83. The van der Waals surface area contributed by atoms with Gasteiger partial charge in [-0.05, 0) is 24.0 Å². The van der Waals surface area contributed by atoms with E-state index < -0.39 is 5.97 Å². The summed E-state index contributed by atoms with van der Waals surface area (Å²) in [5, 5.41) is 9.91. The smallest absolute Gasteiger partial charge is 0.303 e. The van der Waals surface area contributed by atoms with Gasteiger partial charge in [0.2, 0.25) is 0 Å². The number of carbonyl (C=O) groups is 1. The molecule has 1 atom stereocenters. The Morgan fingerprint density at radius 3 is 2.94 bits per heavy atom. The number of aromatic amines is 1. The van der Waals surface area contributed by atoms with Gasteiger partial charge >= 0.3 is 5.97 Å². The highest BCUT2D eigenvalue weighted by Crippen LogP contribution is 2.21. The average molecular weight is 217 g/mol. The Balaban J connectivity index is 2.18. The minimum absolute atomic E-state index is 0.164. The molecule has 0 fully saturated rings. The minimum Gasteiger partial charge on any atom is -0.481 e. The molecule has 84 valence electrons. The van der Waals surface area contributed by atoms with Crippen molar-refractivity contribution in [1.82, 2.24) is 4.98 Å². The Kier molecular flexibility index (Phi) is 2.95. The molecule has 0 saturated carbocycles. The first-order valence-corrected chi connectivity index (χ1v) is 5.43. The number of hydrogen-bond acceptors (Lipinski definition) is 1. The summed E-state index contributed by atoms with van der Waals surface area (Å²) in [6.45, 7) is 1.97. The molecule has 0 saturated heterocycles. The van der Waals surface area contributed by atoms with Crippen LogP contribution in [0.2, 0.25) is 0 Å². The predicted molar refractivity (Wildman–Crippen MR) is 63.4 cm³/mol. The maximum atomic E-state index is 10.6. The number of hydrogen-bond donors (Lipinski definition) is 2. The number of benzene rings is 1. The van der Waals surface area contributed by atoms with E-state index in [9.17, 15) is 4.79 Å². The van der Waals surface area contributed by atoms with E-state index >= 15 is 0 Å². The van der Waals surface area contributed by atoms with Gasteiger partial charge in [-0.15, -0.1) is 0 Å². The van der Waals surface area contributed by atoms with Gasteiger partial charge in [-0.1, -0.05) is 25.1 Å². The fourth-order valence-electron chi connectivity index (χ4n) is 2.05. The second-order valence-electron chi connectivity index (χ2n) is 4.27. The third-order valence-corrected chi connectivity index (χ3v) is 2.77. The molecule has 3 nitrogen and oxygen atoms in total. The molecule has 1 aromatic heterocycles. The van der Waals surface area contributed by atoms with Crippen LogP contribution < -0.4 is 0 Å². The fraction of sp³-hybridized carbons (Fsp3) is 0.308. The summed E-state index contributed by atoms with van der Waals surface area (Å²) in [4.78, 5) is 13.8. The van der Waals surface area contributed by atoms with Gasteiger partial charge in [0.05, 0.1) is 0 Å². The van der Waals surface area contributed by atoms with E-state index in [1.54, 1.807) is 0 Å². The molecule has 16 heavy (non-hydrogen) atoms. The Hall–Kier alpha value is -1.77. The maximum Gasteiger partial charge on any atom is 0.303 e. The molecule has 0 radical (unpaired) electrons. The molecule has 1 unspecified atom stereocenters. The lowest BCUT2D eigenvalue weighted by Crippen LogP contribution is -2.06. The van der Waals surface area contributed by atoms with E-state index in [4.69, 9.17) is 5.11 Å². The van der Waals surface area contributed by atoms with Crippen LogP contribution in [0.3, 0.4) is 0 Å². The maximum absolute atomic E-state index is 10.6. The van der Waals surface area contributed by atoms with Gasteiger partial charge in [0.15, 0.2) is 0 Å². The van der Waals surface area contributed by atoms with E-state index in [2.05, 4.69) is 11.1 Å². The average Bonchev–Trinajstić information content (AvgIpc) is 2.61. The number of nitrogens with one attached hydrogen (secondary N) is 1. The Bertz CT molecular complexity index is 501. The van der Waals surface area contributed by atoms with Gasteiger partial charge in [0.25, 0.3) is 0 Å². The molecule has 0 aliphatic carbocycles. The fourth-order valence-corrected chi connectivity index (χ4v) is 2.05. The van der Waals surface area contributed by atoms with Crippen molar-refractivity contribution in [3.8, 4) is 0 Å². The molecule has 0 aliphatic rings. The molecular weight excluding hydrogens is 202 g/mol. The van der Waals surface area contributed by atoms with E-state index in [0.29, 0.717) is 0 Å².